The molecule has 0 saturated carbocycles. The van der Waals surface area contributed by atoms with E-state index >= 15 is 0 Å². The lowest BCUT2D eigenvalue weighted by Crippen LogP contribution is -2.21. The largest absolute Gasteiger partial charge is 0.310 e. The second-order valence-electron chi connectivity index (χ2n) is 4.57. The van der Waals surface area contributed by atoms with Crippen LogP contribution in [0.5, 0.6) is 0 Å². The number of rotatable bonds is 5. The van der Waals surface area contributed by atoms with Gasteiger partial charge in [0.05, 0.1) is 0 Å². The molecule has 0 saturated heterocycles. The lowest BCUT2D eigenvalue weighted by molar-refractivity contribution is 0.587. The molecule has 1 heterocycles. The Bertz CT molecular complexity index is 529. The van der Waals surface area contributed by atoms with Crippen molar-refractivity contribution in [1.29, 1.82) is 0 Å². The van der Waals surface area contributed by atoms with Crippen LogP contribution in [-0.4, -0.2) is 11.0 Å². The number of benzene rings is 1. The second-order valence-corrected chi connectivity index (χ2v) is 6.58. The van der Waals surface area contributed by atoms with E-state index in [0.717, 1.165) is 11.0 Å². The summed E-state index contributed by atoms with van der Waals surface area (Å²) in [5.74, 6) is 0. The van der Waals surface area contributed by atoms with Gasteiger partial charge in [-0.1, -0.05) is 47.6 Å². The van der Waals surface area contributed by atoms with E-state index in [9.17, 15) is 0 Å². The van der Waals surface area contributed by atoms with Crippen molar-refractivity contribution < 1.29 is 0 Å². The molecule has 0 atom stereocenters. The van der Waals surface area contributed by atoms with Gasteiger partial charge in [-0.05, 0) is 29.8 Å². The van der Waals surface area contributed by atoms with Gasteiger partial charge in [0.1, 0.15) is 0 Å². The van der Waals surface area contributed by atoms with Crippen molar-refractivity contribution in [1.82, 2.24) is 10.3 Å². The average molecular weight is 337 g/mol. The third-order valence-corrected chi connectivity index (χ3v) is 4.35. The topological polar surface area (TPSA) is 24.9 Å². The fourth-order valence-electron chi connectivity index (χ4n) is 1.59. The third-order valence-electron chi connectivity index (χ3n) is 2.61. The van der Waals surface area contributed by atoms with E-state index in [1.807, 2.05) is 24.5 Å². The highest BCUT2D eigenvalue weighted by Crippen LogP contribution is 2.30. The van der Waals surface area contributed by atoms with Crippen molar-refractivity contribution in [3.05, 3.63) is 52.8 Å². The van der Waals surface area contributed by atoms with Gasteiger partial charge < -0.3 is 5.32 Å². The molecule has 0 spiro atoms. The molecule has 0 radical (unpaired) electrons. The maximum absolute atomic E-state index is 4.03. The minimum Gasteiger partial charge on any atom is -0.310 e. The van der Waals surface area contributed by atoms with Crippen molar-refractivity contribution in [3.63, 3.8) is 0 Å². The Morgan fingerprint density at radius 1 is 1.16 bits per heavy atom. The molecule has 0 fully saturated rings. The molecule has 1 N–H and O–H groups in total. The molecular weight excluding hydrogens is 320 g/mol. The van der Waals surface area contributed by atoms with E-state index in [1.54, 1.807) is 11.8 Å². The van der Waals surface area contributed by atoms with Crippen LogP contribution in [0.3, 0.4) is 0 Å². The second kappa shape index (κ2) is 7.08. The first kappa shape index (κ1) is 14.6. The van der Waals surface area contributed by atoms with Crippen LogP contribution in [0.15, 0.2) is 57.0 Å². The first-order valence-electron chi connectivity index (χ1n) is 6.25. The van der Waals surface area contributed by atoms with Gasteiger partial charge in [-0.15, -0.1) is 0 Å². The molecule has 19 heavy (non-hydrogen) atoms. The number of pyridine rings is 1. The van der Waals surface area contributed by atoms with Crippen molar-refractivity contribution in [2.45, 2.75) is 36.2 Å². The molecule has 0 amide bonds. The molecule has 2 aromatic rings. The number of hydrogen-bond acceptors (Lipinski definition) is 3. The fourth-order valence-corrected chi connectivity index (χ4v) is 3.10. The number of nitrogens with one attached hydrogen (secondary N) is 1. The summed E-state index contributed by atoms with van der Waals surface area (Å²) in [6.07, 6.45) is 3.64. The van der Waals surface area contributed by atoms with E-state index in [1.165, 1.54) is 15.4 Å². The summed E-state index contributed by atoms with van der Waals surface area (Å²) >= 11 is 5.39. The van der Waals surface area contributed by atoms with Crippen LogP contribution in [0.2, 0.25) is 0 Å². The predicted molar refractivity (Wildman–Crippen MR) is 84.5 cm³/mol. The number of aromatic nitrogens is 1. The number of nitrogens with zero attached hydrogens (tertiary/aromatic N) is 1. The molecule has 0 bridgehead atoms. The highest BCUT2D eigenvalue weighted by Gasteiger charge is 2.04. The van der Waals surface area contributed by atoms with Gasteiger partial charge in [0.2, 0.25) is 0 Å². The van der Waals surface area contributed by atoms with Gasteiger partial charge in [-0.3, -0.25) is 4.98 Å². The Kier molecular flexibility index (Phi) is 5.43. The zero-order valence-corrected chi connectivity index (χ0v) is 13.5. The van der Waals surface area contributed by atoms with E-state index in [2.05, 4.69) is 58.3 Å². The zero-order chi connectivity index (χ0) is 13.7. The smallest absolute Gasteiger partial charge is 0.0279 e. The number of halogens is 1. The maximum atomic E-state index is 4.03. The minimum absolute atomic E-state index is 0.498. The molecule has 2 nitrogen and oxygen atoms in total. The molecule has 0 aliphatic carbocycles. The van der Waals surface area contributed by atoms with Crippen LogP contribution in [0, 0.1) is 0 Å². The van der Waals surface area contributed by atoms with Gasteiger partial charge in [0.25, 0.3) is 0 Å². The van der Waals surface area contributed by atoms with Gasteiger partial charge in [0.15, 0.2) is 0 Å². The lowest BCUT2D eigenvalue weighted by atomic mass is 10.2. The lowest BCUT2D eigenvalue weighted by Gasteiger charge is -2.11. The highest BCUT2D eigenvalue weighted by atomic mass is 79.9. The molecule has 1 aromatic heterocycles. The SMILES string of the molecule is CC(C)NCc1ccc(Sc2ccncc2)cc1Br. The molecular formula is C15H17BrN2S. The molecule has 1 aromatic carbocycles. The van der Waals surface area contributed by atoms with E-state index in [0.29, 0.717) is 6.04 Å². The summed E-state index contributed by atoms with van der Waals surface area (Å²) < 4.78 is 1.15. The van der Waals surface area contributed by atoms with Gasteiger partial charge in [-0.25, -0.2) is 0 Å². The average Bonchev–Trinajstić information content (AvgIpc) is 2.39. The van der Waals surface area contributed by atoms with Gasteiger partial charge in [0, 0.05) is 39.2 Å². The summed E-state index contributed by atoms with van der Waals surface area (Å²) in [7, 11) is 0. The van der Waals surface area contributed by atoms with Crippen LogP contribution < -0.4 is 5.32 Å². The summed E-state index contributed by atoms with van der Waals surface area (Å²) in [5.41, 5.74) is 1.28. The summed E-state index contributed by atoms with van der Waals surface area (Å²) in [6.45, 7) is 5.20. The van der Waals surface area contributed by atoms with E-state index in [-0.39, 0.29) is 0 Å². The zero-order valence-electron chi connectivity index (χ0n) is 11.1. The van der Waals surface area contributed by atoms with Gasteiger partial charge >= 0.3 is 0 Å². The predicted octanol–water partition coefficient (Wildman–Crippen LogP) is 4.49. The van der Waals surface area contributed by atoms with E-state index < -0.39 is 0 Å². The summed E-state index contributed by atoms with van der Waals surface area (Å²) in [6, 6.07) is 11.0. The number of hydrogen-bond donors (Lipinski definition) is 1. The summed E-state index contributed by atoms with van der Waals surface area (Å²) in [5, 5.41) is 3.43. The van der Waals surface area contributed by atoms with Crippen molar-refractivity contribution in [3.8, 4) is 0 Å². The first-order chi connectivity index (χ1) is 9.15. The Morgan fingerprint density at radius 3 is 2.53 bits per heavy atom. The van der Waals surface area contributed by atoms with Crippen molar-refractivity contribution >= 4 is 27.7 Å². The van der Waals surface area contributed by atoms with Crippen LogP contribution in [-0.2, 0) is 6.54 Å². The van der Waals surface area contributed by atoms with Crippen molar-refractivity contribution in [2.24, 2.45) is 0 Å². The van der Waals surface area contributed by atoms with Crippen molar-refractivity contribution in [2.75, 3.05) is 0 Å². The molecule has 4 heteroatoms. The Hall–Kier alpha value is -0.840. The van der Waals surface area contributed by atoms with Gasteiger partial charge in [-0.2, -0.15) is 0 Å². The van der Waals surface area contributed by atoms with Crippen LogP contribution >= 0.6 is 27.7 Å². The summed E-state index contributed by atoms with van der Waals surface area (Å²) in [4.78, 5) is 6.46. The van der Waals surface area contributed by atoms with Crippen LogP contribution in [0.25, 0.3) is 0 Å². The Labute approximate surface area is 127 Å². The molecule has 0 unspecified atom stereocenters. The van der Waals surface area contributed by atoms with E-state index in [4.69, 9.17) is 0 Å². The standard InChI is InChI=1S/C15H17BrN2S/c1-11(2)18-10-12-3-4-14(9-15(12)16)19-13-5-7-17-8-6-13/h3-9,11,18H,10H2,1-2H3. The Balaban J connectivity index is 2.06. The quantitative estimate of drug-likeness (QED) is 0.870. The molecule has 0 aliphatic rings. The van der Waals surface area contributed by atoms with Crippen LogP contribution in [0.4, 0.5) is 0 Å². The maximum Gasteiger partial charge on any atom is 0.0279 e. The minimum atomic E-state index is 0.498. The molecule has 100 valence electrons. The van der Waals surface area contributed by atoms with Crippen LogP contribution in [0.1, 0.15) is 19.4 Å². The fraction of sp³-hybridized carbons (Fsp3) is 0.267. The first-order valence-corrected chi connectivity index (χ1v) is 7.86. The Morgan fingerprint density at radius 2 is 1.89 bits per heavy atom. The molecule has 0 aliphatic heterocycles. The molecule has 2 rings (SSSR count). The monoisotopic (exact) mass is 336 g/mol. The third kappa shape index (κ3) is 4.64. The highest BCUT2D eigenvalue weighted by molar-refractivity contribution is 9.10. The normalized spacial score (nSPS) is 10.9.